The van der Waals surface area contributed by atoms with Crippen molar-refractivity contribution in [2.24, 2.45) is 10.8 Å². The van der Waals surface area contributed by atoms with E-state index < -0.39 is 0 Å². The second-order valence-corrected chi connectivity index (χ2v) is 13.5. The first-order chi connectivity index (χ1) is 22.4. The third-order valence-corrected chi connectivity index (χ3v) is 10.5. The number of hydrogen-bond acceptors (Lipinski definition) is 5. The molecule has 0 aliphatic rings. The molecule has 6 rings (SSSR count). The van der Waals surface area contributed by atoms with E-state index in [4.69, 9.17) is 9.40 Å². The summed E-state index contributed by atoms with van der Waals surface area (Å²) in [6.07, 6.45) is 6.33. The number of benzene rings is 4. The zero-order chi connectivity index (χ0) is 34.1. The third kappa shape index (κ3) is 6.84. The Kier molecular flexibility index (Phi) is 11.3. The van der Waals surface area contributed by atoms with Gasteiger partial charge >= 0.3 is 0 Å². The molecule has 0 atom stereocenters. The van der Waals surface area contributed by atoms with Gasteiger partial charge in [-0.15, -0.1) is 29.1 Å². The Bertz CT molecular complexity index is 2130. The van der Waals surface area contributed by atoms with Crippen molar-refractivity contribution in [3.63, 3.8) is 0 Å². The maximum atomic E-state index is 12.2. The number of carbonyl (C=O) groups is 1. The summed E-state index contributed by atoms with van der Waals surface area (Å²) in [6.45, 7) is 18.5. The predicted molar refractivity (Wildman–Crippen MR) is 196 cm³/mol. The second kappa shape index (κ2) is 14.7. The Labute approximate surface area is 298 Å². The number of aliphatic hydroxyl groups is 1. The predicted octanol–water partition coefficient (Wildman–Crippen LogP) is 11.7. The van der Waals surface area contributed by atoms with Gasteiger partial charge in [0.1, 0.15) is 17.7 Å². The number of furan rings is 1. The van der Waals surface area contributed by atoms with Crippen molar-refractivity contribution in [3.8, 4) is 11.3 Å². The number of fused-ring (bicyclic) bond motifs is 6. The SMILES string of the molecule is CCC(C)(CC)C(=O)/C=C(\O)C(C)(CC)CC.Cc1cc(C)c2c(C)cc(-c3ncnc4oc5ccc6ccccc6c5c34)[c-]c2c1.[Ir]. The van der Waals surface area contributed by atoms with Crippen LogP contribution in [-0.4, -0.2) is 20.9 Å². The van der Waals surface area contributed by atoms with Crippen LogP contribution < -0.4 is 0 Å². The minimum Gasteiger partial charge on any atom is -0.512 e. The summed E-state index contributed by atoms with van der Waals surface area (Å²) in [5.41, 5.74) is 6.40. The molecule has 0 saturated heterocycles. The van der Waals surface area contributed by atoms with Crippen LogP contribution in [0, 0.1) is 37.7 Å². The molecule has 48 heavy (non-hydrogen) atoms. The van der Waals surface area contributed by atoms with Crippen molar-refractivity contribution in [1.82, 2.24) is 9.97 Å². The van der Waals surface area contributed by atoms with E-state index in [1.165, 1.54) is 33.5 Å². The molecule has 2 heterocycles. The molecule has 0 spiro atoms. The smallest absolute Gasteiger partial charge is 0.223 e. The van der Waals surface area contributed by atoms with Gasteiger partial charge in [0.15, 0.2) is 5.78 Å². The van der Waals surface area contributed by atoms with E-state index in [0.29, 0.717) is 5.71 Å². The average Bonchev–Trinajstić information content (AvgIpc) is 3.46. The topological polar surface area (TPSA) is 76.2 Å². The largest absolute Gasteiger partial charge is 0.512 e. The molecule has 0 bridgehead atoms. The minimum absolute atomic E-state index is 0. The van der Waals surface area contributed by atoms with E-state index in [1.807, 2.05) is 47.6 Å². The van der Waals surface area contributed by atoms with Gasteiger partial charge in [-0.1, -0.05) is 107 Å². The monoisotopic (exact) mass is 820 g/mol. The number of aryl methyl sites for hydroxylation is 3. The molecular weight excluding hydrogens is 773 g/mol. The van der Waals surface area contributed by atoms with Crippen LogP contribution >= 0.6 is 0 Å². The Balaban J connectivity index is 0.000000251. The van der Waals surface area contributed by atoms with Crippen molar-refractivity contribution in [2.45, 2.75) is 88.0 Å². The quantitative estimate of drug-likeness (QED) is 0.0940. The summed E-state index contributed by atoms with van der Waals surface area (Å²) in [7, 11) is 0. The molecular formula is C42H47IrN2O3-. The Morgan fingerprint density at radius 3 is 2.15 bits per heavy atom. The van der Waals surface area contributed by atoms with Gasteiger partial charge in [0.25, 0.3) is 0 Å². The van der Waals surface area contributed by atoms with Gasteiger partial charge in [0, 0.05) is 53.5 Å². The zero-order valence-corrected chi connectivity index (χ0v) is 32.1. The Morgan fingerprint density at radius 2 is 1.48 bits per heavy atom. The fourth-order valence-corrected chi connectivity index (χ4v) is 6.45. The molecule has 0 saturated carbocycles. The van der Waals surface area contributed by atoms with Crippen LogP contribution in [0.4, 0.5) is 0 Å². The average molecular weight is 820 g/mol. The van der Waals surface area contributed by atoms with E-state index in [0.717, 1.165) is 64.1 Å². The van der Waals surface area contributed by atoms with Crippen LogP contribution in [0.15, 0.2) is 77.2 Å². The van der Waals surface area contributed by atoms with Crippen LogP contribution in [0.1, 0.15) is 83.9 Å². The van der Waals surface area contributed by atoms with Crippen molar-refractivity contribution in [3.05, 3.63) is 95.5 Å². The Morgan fingerprint density at radius 1 is 0.833 bits per heavy atom. The molecule has 0 unspecified atom stereocenters. The summed E-state index contributed by atoms with van der Waals surface area (Å²) in [5, 5.41) is 16.8. The maximum Gasteiger partial charge on any atom is 0.223 e. The second-order valence-electron chi connectivity index (χ2n) is 13.5. The number of carbonyl (C=O) groups excluding carboxylic acids is 1. The van der Waals surface area contributed by atoms with E-state index in [-0.39, 0.29) is 42.5 Å². The van der Waals surface area contributed by atoms with Crippen molar-refractivity contribution in [2.75, 3.05) is 0 Å². The van der Waals surface area contributed by atoms with Crippen molar-refractivity contribution in [1.29, 1.82) is 0 Å². The normalized spacial score (nSPS) is 12.3. The van der Waals surface area contributed by atoms with Crippen molar-refractivity contribution < 1.29 is 34.4 Å². The molecule has 2 aromatic heterocycles. The van der Waals surface area contributed by atoms with Gasteiger partial charge in [-0.25, -0.2) is 4.98 Å². The molecule has 4 aromatic carbocycles. The number of ketones is 1. The standard InChI is InChI=1S/C27H19N2O.C15H28O2.Ir/c1-15-10-16(2)23-17(3)12-20(13-19(23)11-15)26-25-24-21-7-5-4-6-18(21)8-9-22(24)30-27(25)29-14-28-26;1-7-14(5,8-2)12(16)11-13(17)15(6,9-3)10-4;/h4-12,14H,1-3H3;11,16H,7-10H2,1-6H3;/q-1;;/b;12-11-;. The summed E-state index contributed by atoms with van der Waals surface area (Å²) in [4.78, 5) is 21.3. The molecule has 0 aliphatic heterocycles. The molecule has 6 heteroatoms. The summed E-state index contributed by atoms with van der Waals surface area (Å²) < 4.78 is 6.11. The number of hydrogen-bond donors (Lipinski definition) is 1. The number of rotatable bonds is 8. The van der Waals surface area contributed by atoms with Gasteiger partial charge in [-0.3, -0.25) is 9.78 Å². The first kappa shape index (κ1) is 37.0. The molecule has 0 aliphatic carbocycles. The Hall–Kier alpha value is -3.86. The molecule has 5 nitrogen and oxygen atoms in total. The van der Waals surface area contributed by atoms with Crippen LogP contribution in [0.3, 0.4) is 0 Å². The molecule has 253 valence electrons. The molecule has 1 radical (unpaired) electrons. The fraction of sp³-hybridized carbons (Fsp3) is 0.357. The molecule has 6 aromatic rings. The summed E-state index contributed by atoms with van der Waals surface area (Å²) in [5.74, 6) is 0.286. The van der Waals surface area contributed by atoms with Gasteiger partial charge in [0.2, 0.25) is 5.71 Å². The molecule has 0 fully saturated rings. The first-order valence-corrected chi connectivity index (χ1v) is 16.8. The summed E-state index contributed by atoms with van der Waals surface area (Å²) >= 11 is 0. The van der Waals surface area contributed by atoms with E-state index in [2.05, 4.69) is 80.4 Å². The molecule has 1 N–H and O–H groups in total. The minimum atomic E-state index is -0.337. The van der Waals surface area contributed by atoms with Crippen LogP contribution in [0.25, 0.3) is 54.9 Å². The number of allylic oxidation sites excluding steroid dienone is 2. The maximum absolute atomic E-state index is 12.2. The molecule has 0 amide bonds. The third-order valence-electron chi connectivity index (χ3n) is 10.5. The van der Waals surface area contributed by atoms with Gasteiger partial charge in [-0.2, -0.15) is 0 Å². The first-order valence-electron chi connectivity index (χ1n) is 16.8. The summed E-state index contributed by atoms with van der Waals surface area (Å²) in [6, 6.07) is 22.7. The van der Waals surface area contributed by atoms with E-state index >= 15 is 0 Å². The van der Waals surface area contributed by atoms with E-state index in [9.17, 15) is 9.90 Å². The van der Waals surface area contributed by atoms with Gasteiger partial charge < -0.3 is 9.52 Å². The zero-order valence-electron chi connectivity index (χ0n) is 29.7. The van der Waals surface area contributed by atoms with Crippen LogP contribution in [-0.2, 0) is 24.9 Å². The van der Waals surface area contributed by atoms with Crippen molar-refractivity contribution >= 4 is 49.4 Å². The number of aromatic nitrogens is 2. The van der Waals surface area contributed by atoms with Crippen LogP contribution in [0.5, 0.6) is 0 Å². The van der Waals surface area contributed by atoms with Gasteiger partial charge in [-0.05, 0) is 56.4 Å². The van der Waals surface area contributed by atoms with Gasteiger partial charge in [0.05, 0.1) is 0 Å². The number of aliphatic hydroxyl groups excluding tert-OH is 1. The van der Waals surface area contributed by atoms with E-state index in [1.54, 1.807) is 6.33 Å². The fourth-order valence-electron chi connectivity index (χ4n) is 6.45. The number of nitrogens with zero attached hydrogens (tertiary/aromatic N) is 2. The van der Waals surface area contributed by atoms with Crippen LogP contribution in [0.2, 0.25) is 0 Å².